The van der Waals surface area contributed by atoms with Crippen LogP contribution >= 0.6 is 12.4 Å². The quantitative estimate of drug-likeness (QED) is 0.929. The minimum absolute atomic E-state index is 0. The summed E-state index contributed by atoms with van der Waals surface area (Å²) in [5, 5.41) is 7.05. The number of aromatic nitrogens is 2. The van der Waals surface area contributed by atoms with E-state index in [1.165, 1.54) is 12.1 Å². The van der Waals surface area contributed by atoms with Crippen molar-refractivity contribution in [3.63, 3.8) is 0 Å². The molecule has 2 aromatic rings. The molecule has 2 heterocycles. The van der Waals surface area contributed by atoms with Gasteiger partial charge in [0.05, 0.1) is 13.2 Å². The average Bonchev–Trinajstić information content (AvgIpc) is 2.95. The molecule has 1 atom stereocenters. The number of rotatable bonds is 4. The zero-order valence-electron chi connectivity index (χ0n) is 11.1. The highest BCUT2D eigenvalue weighted by Crippen LogP contribution is 2.16. The van der Waals surface area contributed by atoms with E-state index < -0.39 is 0 Å². The summed E-state index contributed by atoms with van der Waals surface area (Å²) < 4.78 is 28.9. The van der Waals surface area contributed by atoms with Crippen LogP contribution in [0.2, 0.25) is 0 Å². The molecule has 1 aliphatic heterocycles. The van der Waals surface area contributed by atoms with E-state index in [1.54, 1.807) is 12.1 Å². The van der Waals surface area contributed by atoms with Crippen molar-refractivity contribution in [2.75, 3.05) is 19.8 Å². The number of halogens is 2. The molecule has 1 aromatic heterocycles. The average molecular weight is 316 g/mol. The van der Waals surface area contributed by atoms with Crippen LogP contribution in [0.5, 0.6) is 5.75 Å². The number of hydrogen-bond donors (Lipinski definition) is 1. The molecule has 0 aliphatic carbocycles. The Balaban J connectivity index is 0.00000161. The van der Waals surface area contributed by atoms with Crippen molar-refractivity contribution in [2.45, 2.75) is 12.6 Å². The van der Waals surface area contributed by atoms with Gasteiger partial charge in [-0.25, -0.2) is 4.39 Å². The lowest BCUT2D eigenvalue weighted by Gasteiger charge is -2.20. The summed E-state index contributed by atoms with van der Waals surface area (Å²) >= 11 is 0. The summed E-state index contributed by atoms with van der Waals surface area (Å²) in [5.41, 5.74) is 0. The third-order valence-corrected chi connectivity index (χ3v) is 2.87. The third-order valence-electron chi connectivity index (χ3n) is 2.87. The first-order chi connectivity index (χ1) is 9.81. The Kier molecular flexibility index (Phi) is 5.49. The number of ether oxygens (including phenoxy) is 2. The van der Waals surface area contributed by atoms with Crippen molar-refractivity contribution >= 4 is 12.4 Å². The summed E-state index contributed by atoms with van der Waals surface area (Å²) in [5.74, 6) is 0.967. The van der Waals surface area contributed by atoms with Gasteiger partial charge < -0.3 is 19.3 Å². The minimum Gasteiger partial charge on any atom is -0.485 e. The van der Waals surface area contributed by atoms with E-state index >= 15 is 0 Å². The van der Waals surface area contributed by atoms with Crippen molar-refractivity contribution in [3.05, 3.63) is 41.8 Å². The normalized spacial score (nSPS) is 18.0. The summed E-state index contributed by atoms with van der Waals surface area (Å²) in [7, 11) is 0. The predicted molar refractivity (Wildman–Crippen MR) is 73.8 cm³/mol. The van der Waals surface area contributed by atoms with Gasteiger partial charge in [-0.3, -0.25) is 0 Å². The molecule has 21 heavy (non-hydrogen) atoms. The van der Waals surface area contributed by atoms with E-state index in [2.05, 4.69) is 15.5 Å². The Morgan fingerprint density at radius 3 is 3.10 bits per heavy atom. The van der Waals surface area contributed by atoms with Gasteiger partial charge in [-0.1, -0.05) is 11.2 Å². The van der Waals surface area contributed by atoms with Gasteiger partial charge in [0.25, 0.3) is 0 Å². The van der Waals surface area contributed by atoms with E-state index in [-0.39, 0.29) is 30.9 Å². The van der Waals surface area contributed by atoms with Crippen LogP contribution in [0, 0.1) is 5.82 Å². The lowest BCUT2D eigenvalue weighted by molar-refractivity contribution is 0.0659. The molecule has 0 radical (unpaired) electrons. The molecule has 1 N–H and O–H groups in total. The van der Waals surface area contributed by atoms with E-state index in [4.69, 9.17) is 14.0 Å². The first-order valence-electron chi connectivity index (χ1n) is 6.33. The SMILES string of the molecule is Cl.Fc1cccc(OCc2noc(C3COCCN3)n2)c1. The van der Waals surface area contributed by atoms with Crippen molar-refractivity contribution in [1.29, 1.82) is 0 Å². The maximum Gasteiger partial charge on any atom is 0.246 e. The number of benzene rings is 1. The second-order valence-electron chi connectivity index (χ2n) is 4.38. The first kappa shape index (κ1) is 15.7. The zero-order chi connectivity index (χ0) is 13.8. The third kappa shape index (κ3) is 4.13. The van der Waals surface area contributed by atoms with Crippen LogP contribution in [0.15, 0.2) is 28.8 Å². The number of nitrogens with one attached hydrogen (secondary N) is 1. The fourth-order valence-corrected chi connectivity index (χ4v) is 1.90. The molecule has 8 heteroatoms. The van der Waals surface area contributed by atoms with Gasteiger partial charge in [0.15, 0.2) is 6.61 Å². The van der Waals surface area contributed by atoms with Gasteiger partial charge >= 0.3 is 0 Å². The maximum absolute atomic E-state index is 13.0. The Hall–Kier alpha value is -1.70. The fraction of sp³-hybridized carbons (Fsp3) is 0.385. The predicted octanol–water partition coefficient (Wildman–Crippen LogP) is 1.87. The second kappa shape index (κ2) is 7.35. The second-order valence-corrected chi connectivity index (χ2v) is 4.38. The molecular formula is C13H15ClFN3O3. The van der Waals surface area contributed by atoms with Gasteiger partial charge in [-0.05, 0) is 12.1 Å². The first-order valence-corrected chi connectivity index (χ1v) is 6.33. The van der Waals surface area contributed by atoms with Gasteiger partial charge in [0.2, 0.25) is 11.7 Å². The Morgan fingerprint density at radius 1 is 1.43 bits per heavy atom. The molecule has 0 spiro atoms. The largest absolute Gasteiger partial charge is 0.485 e. The summed E-state index contributed by atoms with van der Waals surface area (Å²) in [6.45, 7) is 2.06. The summed E-state index contributed by atoms with van der Waals surface area (Å²) in [6, 6.07) is 5.82. The van der Waals surface area contributed by atoms with Gasteiger partial charge in [-0.2, -0.15) is 4.98 Å². The molecule has 114 valence electrons. The fourth-order valence-electron chi connectivity index (χ4n) is 1.90. The monoisotopic (exact) mass is 315 g/mol. The van der Waals surface area contributed by atoms with Crippen molar-refractivity contribution in [3.8, 4) is 5.75 Å². The Morgan fingerprint density at radius 2 is 2.33 bits per heavy atom. The highest BCUT2D eigenvalue weighted by Gasteiger charge is 2.21. The molecule has 1 aromatic carbocycles. The van der Waals surface area contributed by atoms with Crippen molar-refractivity contribution in [1.82, 2.24) is 15.5 Å². The minimum atomic E-state index is -0.347. The van der Waals surface area contributed by atoms with Crippen LogP contribution in [0.3, 0.4) is 0 Å². The van der Waals surface area contributed by atoms with Crippen LogP contribution in [0.25, 0.3) is 0 Å². The van der Waals surface area contributed by atoms with E-state index in [1.807, 2.05) is 0 Å². The van der Waals surface area contributed by atoms with Crippen molar-refractivity contribution < 1.29 is 18.4 Å². The molecule has 1 unspecified atom stereocenters. The van der Waals surface area contributed by atoms with Gasteiger partial charge in [-0.15, -0.1) is 12.4 Å². The molecule has 0 amide bonds. The molecule has 1 saturated heterocycles. The standard InChI is InChI=1S/C13H14FN3O3.ClH/c14-9-2-1-3-10(6-9)19-8-12-16-13(20-17-12)11-7-18-5-4-15-11;/h1-3,6,11,15H,4-5,7-8H2;1H. The van der Waals surface area contributed by atoms with Gasteiger partial charge in [0.1, 0.15) is 17.6 Å². The lowest BCUT2D eigenvalue weighted by Crippen LogP contribution is -2.34. The van der Waals surface area contributed by atoms with E-state index in [0.717, 1.165) is 6.54 Å². The smallest absolute Gasteiger partial charge is 0.246 e. The molecule has 1 fully saturated rings. The molecule has 0 saturated carbocycles. The Labute approximate surface area is 127 Å². The highest BCUT2D eigenvalue weighted by molar-refractivity contribution is 5.85. The molecule has 0 bridgehead atoms. The molecule has 1 aliphatic rings. The number of morpholine rings is 1. The zero-order valence-corrected chi connectivity index (χ0v) is 11.9. The lowest BCUT2D eigenvalue weighted by atomic mass is 10.3. The molecule has 3 rings (SSSR count). The van der Waals surface area contributed by atoms with Crippen LogP contribution in [-0.2, 0) is 11.3 Å². The van der Waals surface area contributed by atoms with E-state index in [0.29, 0.717) is 30.7 Å². The maximum atomic E-state index is 13.0. The molecular weight excluding hydrogens is 301 g/mol. The number of hydrogen-bond acceptors (Lipinski definition) is 6. The van der Waals surface area contributed by atoms with Crippen LogP contribution in [-0.4, -0.2) is 29.9 Å². The van der Waals surface area contributed by atoms with E-state index in [9.17, 15) is 4.39 Å². The van der Waals surface area contributed by atoms with Gasteiger partial charge in [0, 0.05) is 12.6 Å². The van der Waals surface area contributed by atoms with Crippen LogP contribution in [0.4, 0.5) is 4.39 Å². The van der Waals surface area contributed by atoms with Crippen LogP contribution < -0.4 is 10.1 Å². The highest BCUT2D eigenvalue weighted by atomic mass is 35.5. The van der Waals surface area contributed by atoms with Crippen LogP contribution in [0.1, 0.15) is 17.8 Å². The molecule has 6 nitrogen and oxygen atoms in total. The summed E-state index contributed by atoms with van der Waals surface area (Å²) in [6.07, 6.45) is 0. The Bertz CT molecular complexity index is 575. The van der Waals surface area contributed by atoms with Crippen molar-refractivity contribution in [2.24, 2.45) is 0 Å². The summed E-state index contributed by atoms with van der Waals surface area (Å²) in [4.78, 5) is 4.23. The number of nitrogens with zero attached hydrogens (tertiary/aromatic N) is 2. The topological polar surface area (TPSA) is 69.4 Å².